The molecule has 0 spiro atoms. The minimum absolute atomic E-state index is 0.168. The van der Waals surface area contributed by atoms with Gasteiger partial charge in [-0.3, -0.25) is 9.59 Å². The molecular formula is C20H22N2O3S. The third-order valence-electron chi connectivity index (χ3n) is 4.44. The first kappa shape index (κ1) is 18.4. The van der Waals surface area contributed by atoms with Gasteiger partial charge < -0.3 is 14.9 Å². The number of aryl methyl sites for hydroxylation is 1. The van der Waals surface area contributed by atoms with Crippen LogP contribution in [0.2, 0.25) is 0 Å². The smallest absolute Gasteiger partial charge is 0.290 e. The highest BCUT2D eigenvalue weighted by molar-refractivity contribution is 7.12. The van der Waals surface area contributed by atoms with E-state index in [4.69, 9.17) is 0 Å². The van der Waals surface area contributed by atoms with E-state index in [0.717, 1.165) is 11.1 Å². The van der Waals surface area contributed by atoms with Gasteiger partial charge in [-0.15, -0.1) is 11.3 Å². The van der Waals surface area contributed by atoms with Gasteiger partial charge in [-0.1, -0.05) is 35.9 Å². The van der Waals surface area contributed by atoms with E-state index >= 15 is 0 Å². The summed E-state index contributed by atoms with van der Waals surface area (Å²) in [6.07, 6.45) is 0. The molecule has 1 aromatic heterocycles. The summed E-state index contributed by atoms with van der Waals surface area (Å²) in [4.78, 5) is 29.8. The van der Waals surface area contributed by atoms with Gasteiger partial charge in [-0.25, -0.2) is 0 Å². The number of carbonyl (C=O) groups excluding carboxylic acids is 2. The van der Waals surface area contributed by atoms with E-state index in [2.05, 4.69) is 0 Å². The van der Waals surface area contributed by atoms with Crippen molar-refractivity contribution >= 4 is 23.0 Å². The molecule has 6 heteroatoms. The average Bonchev–Trinajstić information content (AvgIpc) is 3.21. The number of amides is 1. The van der Waals surface area contributed by atoms with Crippen molar-refractivity contribution in [1.82, 2.24) is 9.80 Å². The number of ketones is 1. The fraction of sp³-hybridized carbons (Fsp3) is 0.300. The Balaban J connectivity index is 2.06. The molecule has 2 aromatic rings. The number of benzene rings is 1. The summed E-state index contributed by atoms with van der Waals surface area (Å²) in [6.45, 7) is 3.03. The summed E-state index contributed by atoms with van der Waals surface area (Å²) in [6, 6.07) is 10.7. The quantitative estimate of drug-likeness (QED) is 0.794. The number of aliphatic hydroxyl groups is 1. The molecule has 3 rings (SSSR count). The van der Waals surface area contributed by atoms with Crippen LogP contribution >= 0.6 is 11.3 Å². The van der Waals surface area contributed by atoms with E-state index in [-0.39, 0.29) is 11.4 Å². The van der Waals surface area contributed by atoms with E-state index in [1.165, 1.54) is 11.3 Å². The maximum atomic E-state index is 13.0. The Morgan fingerprint density at radius 2 is 2.04 bits per heavy atom. The molecule has 0 aliphatic carbocycles. The summed E-state index contributed by atoms with van der Waals surface area (Å²) in [7, 11) is 3.85. The van der Waals surface area contributed by atoms with Crippen molar-refractivity contribution in [1.29, 1.82) is 0 Å². The summed E-state index contributed by atoms with van der Waals surface area (Å²) in [5, 5.41) is 12.3. The third kappa shape index (κ3) is 3.43. The normalized spacial score (nSPS) is 17.5. The van der Waals surface area contributed by atoms with Gasteiger partial charge in [0, 0.05) is 13.1 Å². The van der Waals surface area contributed by atoms with Crippen LogP contribution in [-0.2, 0) is 4.79 Å². The van der Waals surface area contributed by atoms with Crippen LogP contribution in [0.3, 0.4) is 0 Å². The van der Waals surface area contributed by atoms with Gasteiger partial charge in [0.15, 0.2) is 5.76 Å². The minimum atomic E-state index is -0.572. The lowest BCUT2D eigenvalue weighted by atomic mass is 9.94. The van der Waals surface area contributed by atoms with Gasteiger partial charge in [-0.05, 0) is 38.0 Å². The van der Waals surface area contributed by atoms with Crippen molar-refractivity contribution in [3.8, 4) is 0 Å². The number of hydrogen-bond donors (Lipinski definition) is 1. The average molecular weight is 370 g/mol. The molecule has 1 aromatic carbocycles. The third-order valence-corrected chi connectivity index (χ3v) is 5.31. The topological polar surface area (TPSA) is 60.9 Å². The highest BCUT2D eigenvalue weighted by Crippen LogP contribution is 2.39. The maximum absolute atomic E-state index is 13.0. The minimum Gasteiger partial charge on any atom is -0.503 e. The highest BCUT2D eigenvalue weighted by atomic mass is 32.1. The van der Waals surface area contributed by atoms with Crippen molar-refractivity contribution < 1.29 is 14.7 Å². The van der Waals surface area contributed by atoms with Crippen LogP contribution < -0.4 is 0 Å². The number of thiophene rings is 1. The van der Waals surface area contributed by atoms with E-state index in [9.17, 15) is 14.7 Å². The Bertz CT molecular complexity index is 856. The standard InChI is InChI=1S/C20H22N2O3S/c1-13-6-4-7-14(12-13)17-16(18(23)15-8-5-11-26-15)19(24)20(25)22(17)10-9-21(2)3/h4-8,11-12,17,24H,9-10H2,1-3H3. The molecule has 2 heterocycles. The summed E-state index contributed by atoms with van der Waals surface area (Å²) in [5.74, 6) is -1.21. The largest absolute Gasteiger partial charge is 0.503 e. The van der Waals surface area contributed by atoms with E-state index in [0.29, 0.717) is 18.0 Å². The van der Waals surface area contributed by atoms with Gasteiger partial charge in [-0.2, -0.15) is 0 Å². The van der Waals surface area contributed by atoms with Gasteiger partial charge in [0.25, 0.3) is 5.91 Å². The van der Waals surface area contributed by atoms with Gasteiger partial charge in [0.2, 0.25) is 5.78 Å². The zero-order valence-corrected chi connectivity index (χ0v) is 15.9. The molecule has 1 aliphatic rings. The van der Waals surface area contributed by atoms with Crippen LogP contribution in [0.1, 0.15) is 26.8 Å². The predicted molar refractivity (Wildman–Crippen MR) is 102 cm³/mol. The molecule has 0 saturated heterocycles. The van der Waals surface area contributed by atoms with Gasteiger partial charge in [0.05, 0.1) is 16.5 Å². The lowest BCUT2D eigenvalue weighted by Gasteiger charge is -2.28. The lowest BCUT2D eigenvalue weighted by molar-refractivity contribution is -0.129. The highest BCUT2D eigenvalue weighted by Gasteiger charge is 2.43. The first-order valence-electron chi connectivity index (χ1n) is 8.43. The SMILES string of the molecule is Cc1cccc(C2C(C(=O)c3cccs3)=C(O)C(=O)N2CCN(C)C)c1. The summed E-state index contributed by atoms with van der Waals surface area (Å²) >= 11 is 1.31. The van der Waals surface area contributed by atoms with Crippen LogP contribution in [0, 0.1) is 6.92 Å². The van der Waals surface area contributed by atoms with Crippen LogP contribution in [0.4, 0.5) is 0 Å². The van der Waals surface area contributed by atoms with Crippen LogP contribution in [0.5, 0.6) is 0 Å². The van der Waals surface area contributed by atoms with Gasteiger partial charge >= 0.3 is 0 Å². The molecule has 26 heavy (non-hydrogen) atoms. The zero-order valence-electron chi connectivity index (χ0n) is 15.1. The first-order valence-corrected chi connectivity index (χ1v) is 9.31. The van der Waals surface area contributed by atoms with Crippen LogP contribution in [-0.4, -0.2) is 53.8 Å². The number of aliphatic hydroxyl groups excluding tert-OH is 1. The molecular weight excluding hydrogens is 348 g/mol. The number of likely N-dealkylation sites (N-methyl/N-ethyl adjacent to an activating group) is 1. The van der Waals surface area contributed by atoms with Crippen LogP contribution in [0.25, 0.3) is 0 Å². The molecule has 136 valence electrons. The van der Waals surface area contributed by atoms with Crippen molar-refractivity contribution in [2.75, 3.05) is 27.2 Å². The van der Waals surface area contributed by atoms with Crippen LogP contribution in [0.15, 0.2) is 53.1 Å². The number of Topliss-reactive ketones (excluding diaryl/α,β-unsaturated/α-hetero) is 1. The molecule has 0 fully saturated rings. The second-order valence-corrected chi connectivity index (χ2v) is 7.63. The fourth-order valence-electron chi connectivity index (χ4n) is 3.15. The second-order valence-electron chi connectivity index (χ2n) is 6.69. The molecule has 0 saturated carbocycles. The van der Waals surface area contributed by atoms with Crippen molar-refractivity contribution in [2.24, 2.45) is 0 Å². The Labute approximate surface area is 157 Å². The number of hydrogen-bond acceptors (Lipinski definition) is 5. The Morgan fingerprint density at radius 1 is 1.27 bits per heavy atom. The number of rotatable bonds is 6. The molecule has 0 radical (unpaired) electrons. The Hall–Kier alpha value is -2.44. The summed E-state index contributed by atoms with van der Waals surface area (Å²) in [5.41, 5.74) is 2.04. The monoisotopic (exact) mass is 370 g/mol. The Kier molecular flexibility index (Phi) is 5.25. The molecule has 5 nitrogen and oxygen atoms in total. The zero-order chi connectivity index (χ0) is 18.8. The number of carbonyl (C=O) groups is 2. The number of nitrogens with zero attached hydrogens (tertiary/aromatic N) is 2. The van der Waals surface area contributed by atoms with Crippen molar-refractivity contribution in [3.63, 3.8) is 0 Å². The van der Waals surface area contributed by atoms with E-state index in [1.807, 2.05) is 55.6 Å². The Morgan fingerprint density at radius 3 is 2.65 bits per heavy atom. The predicted octanol–water partition coefficient (Wildman–Crippen LogP) is 3.20. The molecule has 1 N–H and O–H groups in total. The fourth-order valence-corrected chi connectivity index (χ4v) is 3.83. The van der Waals surface area contributed by atoms with E-state index < -0.39 is 17.7 Å². The molecule has 1 atom stereocenters. The molecule has 1 aliphatic heterocycles. The molecule has 1 unspecified atom stereocenters. The second kappa shape index (κ2) is 7.43. The van der Waals surface area contributed by atoms with Crippen molar-refractivity contribution in [2.45, 2.75) is 13.0 Å². The first-order chi connectivity index (χ1) is 12.4. The van der Waals surface area contributed by atoms with E-state index in [1.54, 1.807) is 17.0 Å². The lowest BCUT2D eigenvalue weighted by Crippen LogP contribution is -2.36. The van der Waals surface area contributed by atoms with Crippen molar-refractivity contribution in [3.05, 3.63) is 69.1 Å². The maximum Gasteiger partial charge on any atom is 0.290 e. The molecule has 0 bridgehead atoms. The molecule has 1 amide bonds. The summed E-state index contributed by atoms with van der Waals surface area (Å²) < 4.78 is 0. The van der Waals surface area contributed by atoms with Gasteiger partial charge in [0.1, 0.15) is 0 Å².